The van der Waals surface area contributed by atoms with Crippen LogP contribution in [0.25, 0.3) is 0 Å². The van der Waals surface area contributed by atoms with Crippen molar-refractivity contribution in [3.63, 3.8) is 0 Å². The van der Waals surface area contributed by atoms with Gasteiger partial charge in [-0.05, 0) is 31.0 Å². The van der Waals surface area contributed by atoms with Crippen LogP contribution in [-0.2, 0) is 10.0 Å². The Balaban J connectivity index is 2.29. The number of carbonyl (C=O) groups is 1. The van der Waals surface area contributed by atoms with Crippen LogP contribution < -0.4 is 4.89 Å². The number of nitrogens with one attached hydrogen (secondary N) is 1. The van der Waals surface area contributed by atoms with Gasteiger partial charge in [-0.15, -0.1) is 0 Å². The fourth-order valence-corrected chi connectivity index (χ4v) is 3.25. The smallest absolute Gasteiger partial charge is 0.263 e. The maximum Gasteiger partial charge on any atom is 0.263 e. The molecule has 1 fully saturated rings. The molecule has 1 saturated heterocycles. The molecule has 0 aromatic heterocycles. The van der Waals surface area contributed by atoms with Crippen LogP contribution in [0, 0.1) is 0 Å². The third kappa shape index (κ3) is 3.52. The molecule has 0 unspecified atom stereocenters. The Labute approximate surface area is 126 Å². The number of hydrogen-bond acceptors (Lipinski definition) is 4. The Hall–Kier alpha value is -1.22. The Morgan fingerprint density at radius 2 is 2.00 bits per heavy atom. The minimum Gasteiger partial charge on any atom is -0.338 e. The van der Waals surface area contributed by atoms with E-state index in [0.29, 0.717) is 0 Å². The summed E-state index contributed by atoms with van der Waals surface area (Å²) < 4.78 is 36.3. The van der Waals surface area contributed by atoms with Gasteiger partial charge in [0.2, 0.25) is 0 Å². The minimum atomic E-state index is -4.18. The third-order valence-corrected chi connectivity index (χ3v) is 4.90. The molecule has 21 heavy (non-hydrogen) atoms. The molecular weight excluding hydrogens is 323 g/mol. The highest BCUT2D eigenvalue weighted by Gasteiger charge is 2.25. The molecule has 1 heterocycles. The summed E-state index contributed by atoms with van der Waals surface area (Å²) in [7, 11) is -4.18. The Kier molecular flexibility index (Phi) is 4.82. The molecule has 0 saturated carbocycles. The molecule has 0 radical (unpaired) electrons. The Morgan fingerprint density at radius 3 is 2.57 bits per heavy atom. The van der Waals surface area contributed by atoms with E-state index in [1.807, 2.05) is 0 Å². The summed E-state index contributed by atoms with van der Waals surface area (Å²) in [6.45, 7) is 0.561. The summed E-state index contributed by atoms with van der Waals surface area (Å²) in [6, 6.07) is 3.74. The van der Waals surface area contributed by atoms with E-state index in [1.54, 1.807) is 0 Å². The van der Waals surface area contributed by atoms with E-state index in [2.05, 4.69) is 0 Å². The maximum absolute atomic E-state index is 13.1. The van der Waals surface area contributed by atoms with E-state index in [0.717, 1.165) is 11.0 Å². The van der Waals surface area contributed by atoms with E-state index in [1.165, 1.54) is 17.0 Å². The monoisotopic (exact) mass is 336 g/mol. The summed E-state index contributed by atoms with van der Waals surface area (Å²) in [4.78, 5) is 14.5. The van der Waals surface area contributed by atoms with Gasteiger partial charge < -0.3 is 10.1 Å². The van der Waals surface area contributed by atoms with Crippen LogP contribution in [0.3, 0.4) is 0 Å². The van der Waals surface area contributed by atoms with Gasteiger partial charge in [0.25, 0.3) is 15.9 Å². The van der Waals surface area contributed by atoms with Gasteiger partial charge in [0.05, 0.1) is 5.02 Å². The van der Waals surface area contributed by atoms with Gasteiger partial charge in [-0.3, -0.25) is 4.79 Å². The number of amides is 1. The van der Waals surface area contributed by atoms with Crippen molar-refractivity contribution in [3.8, 4) is 0 Å². The number of carbonyl (C=O) groups excluding carboxylic acids is 1. The molecule has 0 aliphatic carbocycles. The van der Waals surface area contributed by atoms with Crippen LogP contribution in [0.5, 0.6) is 0 Å². The maximum atomic E-state index is 13.1. The lowest BCUT2D eigenvalue weighted by atomic mass is 10.1. The van der Waals surface area contributed by atoms with Crippen molar-refractivity contribution < 1.29 is 22.8 Å². The van der Waals surface area contributed by atoms with E-state index in [-0.39, 0.29) is 36.5 Å². The lowest BCUT2D eigenvalue weighted by Gasteiger charge is -2.28. The average molecular weight is 337 g/mol. The Bertz CT molecular complexity index is 645. The molecule has 1 aromatic carbocycles. The first-order valence-corrected chi connectivity index (χ1v) is 8.10. The first-order valence-electron chi connectivity index (χ1n) is 6.24. The molecule has 2 rings (SSSR count). The van der Waals surface area contributed by atoms with Crippen molar-refractivity contribution in [1.82, 2.24) is 9.79 Å². The average Bonchev–Trinajstić information content (AvgIpc) is 2.47. The van der Waals surface area contributed by atoms with Crippen molar-refractivity contribution >= 4 is 27.5 Å². The van der Waals surface area contributed by atoms with Gasteiger partial charge in [0.1, 0.15) is 11.1 Å². The van der Waals surface area contributed by atoms with Gasteiger partial charge >= 0.3 is 0 Å². The summed E-state index contributed by atoms with van der Waals surface area (Å²) in [5.41, 5.74) is 0.116. The van der Waals surface area contributed by atoms with Gasteiger partial charge in [-0.1, -0.05) is 16.5 Å². The van der Waals surface area contributed by atoms with Crippen molar-refractivity contribution in [2.24, 2.45) is 0 Å². The second-order valence-electron chi connectivity index (χ2n) is 4.71. The molecule has 2 N–H and O–H groups in total. The second-order valence-corrected chi connectivity index (χ2v) is 6.74. The zero-order chi connectivity index (χ0) is 15.6. The van der Waals surface area contributed by atoms with Gasteiger partial charge in [-0.2, -0.15) is 0 Å². The third-order valence-electron chi connectivity index (χ3n) is 3.30. The zero-order valence-electron chi connectivity index (χ0n) is 10.9. The van der Waals surface area contributed by atoms with Crippen LogP contribution in [0.15, 0.2) is 23.1 Å². The number of halogens is 2. The molecule has 116 valence electrons. The van der Waals surface area contributed by atoms with Crippen LogP contribution in [0.4, 0.5) is 4.39 Å². The molecule has 1 aliphatic rings. The van der Waals surface area contributed by atoms with Crippen LogP contribution in [0.1, 0.15) is 23.2 Å². The van der Waals surface area contributed by atoms with Crippen LogP contribution >= 0.6 is 11.6 Å². The first-order chi connectivity index (χ1) is 9.85. The predicted octanol–water partition coefficient (Wildman–Crippen LogP) is 1.58. The lowest BCUT2D eigenvalue weighted by molar-refractivity contribution is 0.0666. The SMILES string of the molecule is O=C(c1ccc(Cl)c(S(=O)(=O)NO)c1)N1CCC(F)CC1. The van der Waals surface area contributed by atoms with Gasteiger partial charge in [0, 0.05) is 18.7 Å². The standard InChI is InChI=1S/C12H14ClFN2O4S/c13-10-2-1-8(7-11(10)21(19,20)15-18)12(17)16-5-3-9(14)4-6-16/h1-2,7,9,15,18H,3-6H2. The molecular formula is C12H14ClFN2O4S. The summed E-state index contributed by atoms with van der Waals surface area (Å²) in [6.07, 6.45) is -0.375. The number of sulfonamides is 1. The summed E-state index contributed by atoms with van der Waals surface area (Å²) >= 11 is 5.76. The fourth-order valence-electron chi connectivity index (χ4n) is 2.13. The zero-order valence-corrected chi connectivity index (χ0v) is 12.5. The van der Waals surface area contributed by atoms with E-state index in [9.17, 15) is 17.6 Å². The van der Waals surface area contributed by atoms with Crippen molar-refractivity contribution in [3.05, 3.63) is 28.8 Å². The van der Waals surface area contributed by atoms with Gasteiger partial charge in [-0.25, -0.2) is 12.8 Å². The quantitative estimate of drug-likeness (QED) is 0.820. The number of nitrogens with zero attached hydrogens (tertiary/aromatic N) is 1. The molecule has 6 nitrogen and oxygen atoms in total. The predicted molar refractivity (Wildman–Crippen MR) is 73.6 cm³/mol. The molecule has 1 amide bonds. The largest absolute Gasteiger partial charge is 0.338 e. The van der Waals surface area contributed by atoms with Crippen molar-refractivity contribution in [2.75, 3.05) is 13.1 Å². The molecule has 1 aliphatic heterocycles. The highest BCUT2D eigenvalue weighted by atomic mass is 35.5. The highest BCUT2D eigenvalue weighted by molar-refractivity contribution is 7.89. The van der Waals surface area contributed by atoms with E-state index >= 15 is 0 Å². The second kappa shape index (κ2) is 6.27. The highest BCUT2D eigenvalue weighted by Crippen LogP contribution is 2.24. The number of hydrogen-bond donors (Lipinski definition) is 2. The lowest BCUT2D eigenvalue weighted by Crippen LogP contribution is -2.39. The number of likely N-dealkylation sites (tertiary alicyclic amines) is 1. The van der Waals surface area contributed by atoms with Crippen molar-refractivity contribution in [1.29, 1.82) is 0 Å². The molecule has 0 bridgehead atoms. The molecule has 1 aromatic rings. The number of alkyl halides is 1. The van der Waals surface area contributed by atoms with Gasteiger partial charge in [0.15, 0.2) is 0 Å². The first kappa shape index (κ1) is 16.2. The molecule has 0 spiro atoms. The Morgan fingerprint density at radius 1 is 1.38 bits per heavy atom. The fraction of sp³-hybridized carbons (Fsp3) is 0.417. The van der Waals surface area contributed by atoms with Crippen molar-refractivity contribution in [2.45, 2.75) is 23.9 Å². The summed E-state index contributed by atoms with van der Waals surface area (Å²) in [5, 5.41) is 8.53. The number of benzene rings is 1. The number of rotatable bonds is 3. The summed E-state index contributed by atoms with van der Waals surface area (Å²) in [5.74, 6) is -0.395. The van der Waals surface area contributed by atoms with E-state index < -0.39 is 27.0 Å². The van der Waals surface area contributed by atoms with Crippen LogP contribution in [0.2, 0.25) is 5.02 Å². The minimum absolute atomic E-state index is 0.115. The van der Waals surface area contributed by atoms with Crippen LogP contribution in [-0.4, -0.2) is 43.7 Å². The normalized spacial score (nSPS) is 17.0. The topological polar surface area (TPSA) is 86.7 Å². The molecule has 0 atom stereocenters. The molecule has 9 heteroatoms. The van der Waals surface area contributed by atoms with E-state index in [4.69, 9.17) is 16.8 Å². The number of piperidine rings is 1.